The molecule has 0 bridgehead atoms. The quantitative estimate of drug-likeness (QED) is 0.447. The van der Waals surface area contributed by atoms with Crippen molar-refractivity contribution in [1.82, 2.24) is 19.8 Å². The summed E-state index contributed by atoms with van der Waals surface area (Å²) in [5, 5.41) is 2.88. The van der Waals surface area contributed by atoms with Crippen LogP contribution in [-0.4, -0.2) is 39.4 Å². The summed E-state index contributed by atoms with van der Waals surface area (Å²) in [6.07, 6.45) is 5.85. The van der Waals surface area contributed by atoms with Crippen LogP contribution in [0.4, 0.5) is 0 Å². The van der Waals surface area contributed by atoms with E-state index in [1.54, 1.807) is 12.3 Å². The van der Waals surface area contributed by atoms with Gasteiger partial charge in [-0.25, -0.2) is 0 Å². The topological polar surface area (TPSA) is 80.4 Å². The van der Waals surface area contributed by atoms with Gasteiger partial charge in [0, 0.05) is 49.7 Å². The first-order chi connectivity index (χ1) is 16.0. The summed E-state index contributed by atoms with van der Waals surface area (Å²) in [4.78, 5) is 31.2. The second-order valence-electron chi connectivity index (χ2n) is 8.63. The number of carbonyl (C=O) groups is 2. The molecule has 0 unspecified atom stereocenters. The largest absolute Gasteiger partial charge is 0.454 e. The Morgan fingerprint density at radius 1 is 1.15 bits per heavy atom. The smallest absolute Gasteiger partial charge is 0.287 e. The van der Waals surface area contributed by atoms with E-state index in [1.807, 2.05) is 47.5 Å². The molecule has 0 atom stereocenters. The fraction of sp³-hybridized carbons (Fsp3) is 0.423. The van der Waals surface area contributed by atoms with Crippen molar-refractivity contribution in [3.8, 4) is 0 Å². The molecule has 3 aromatic rings. The van der Waals surface area contributed by atoms with Crippen LogP contribution < -0.4 is 5.32 Å². The highest BCUT2D eigenvalue weighted by molar-refractivity contribution is 5.91. The number of nitrogens with one attached hydrogen (secondary N) is 1. The lowest BCUT2D eigenvalue weighted by Gasteiger charge is -2.24. The molecule has 0 aliphatic carbocycles. The number of hydrogen-bond acceptors (Lipinski definition) is 4. The first kappa shape index (κ1) is 24.3. The first-order valence-electron chi connectivity index (χ1n) is 11.6. The zero-order chi connectivity index (χ0) is 23.6. The number of aromatic nitrogens is 2. The molecule has 0 fully saturated rings. The Kier molecular flexibility index (Phi) is 8.87. The maximum atomic E-state index is 12.6. The van der Waals surface area contributed by atoms with Gasteiger partial charge in [-0.05, 0) is 48.7 Å². The summed E-state index contributed by atoms with van der Waals surface area (Å²) in [6, 6.07) is 13.3. The minimum atomic E-state index is -0.238. The van der Waals surface area contributed by atoms with E-state index in [0.29, 0.717) is 49.9 Å². The van der Waals surface area contributed by atoms with Gasteiger partial charge in [0.1, 0.15) is 5.76 Å². The molecule has 1 N–H and O–H groups in total. The molecular formula is C26H34N4O3. The van der Waals surface area contributed by atoms with Gasteiger partial charge in [0.2, 0.25) is 5.91 Å². The summed E-state index contributed by atoms with van der Waals surface area (Å²) in [7, 11) is 0. The third-order valence-electron chi connectivity index (χ3n) is 5.31. The lowest BCUT2D eigenvalue weighted by Crippen LogP contribution is -2.32. The maximum absolute atomic E-state index is 12.6. The SMILES string of the molecule is CCCN(Cc1cccn1Cc1ccc(C(=O)NCCc2ccccn2)o1)C(=O)CC(C)C. The first-order valence-corrected chi connectivity index (χ1v) is 11.6. The molecule has 176 valence electrons. The maximum Gasteiger partial charge on any atom is 0.287 e. The van der Waals surface area contributed by atoms with Crippen molar-refractivity contribution < 1.29 is 14.0 Å². The van der Waals surface area contributed by atoms with Crippen molar-refractivity contribution in [3.63, 3.8) is 0 Å². The van der Waals surface area contributed by atoms with Crippen LogP contribution in [0.25, 0.3) is 0 Å². The van der Waals surface area contributed by atoms with Crippen molar-refractivity contribution in [2.45, 2.75) is 53.1 Å². The zero-order valence-corrected chi connectivity index (χ0v) is 19.8. The van der Waals surface area contributed by atoms with Gasteiger partial charge in [0.15, 0.2) is 5.76 Å². The minimum absolute atomic E-state index is 0.183. The molecule has 7 nitrogen and oxygen atoms in total. The van der Waals surface area contributed by atoms with Gasteiger partial charge in [-0.3, -0.25) is 14.6 Å². The molecule has 0 aliphatic heterocycles. The van der Waals surface area contributed by atoms with Gasteiger partial charge in [-0.15, -0.1) is 0 Å². The van der Waals surface area contributed by atoms with E-state index in [9.17, 15) is 9.59 Å². The minimum Gasteiger partial charge on any atom is -0.454 e. The third kappa shape index (κ3) is 7.34. The lowest BCUT2D eigenvalue weighted by molar-refractivity contribution is -0.132. The van der Waals surface area contributed by atoms with Crippen LogP contribution in [0.15, 0.2) is 59.3 Å². The molecule has 3 aromatic heterocycles. The fourth-order valence-electron chi connectivity index (χ4n) is 3.67. The van der Waals surface area contributed by atoms with Crippen molar-refractivity contribution >= 4 is 11.8 Å². The van der Waals surface area contributed by atoms with Crippen LogP contribution in [0.5, 0.6) is 0 Å². The van der Waals surface area contributed by atoms with Crippen molar-refractivity contribution in [3.05, 3.63) is 77.8 Å². The number of furan rings is 1. The molecule has 0 saturated carbocycles. The summed E-state index contributed by atoms with van der Waals surface area (Å²) in [5.41, 5.74) is 1.97. The van der Waals surface area contributed by atoms with Crippen LogP contribution in [0.1, 0.15) is 61.3 Å². The third-order valence-corrected chi connectivity index (χ3v) is 5.31. The van der Waals surface area contributed by atoms with E-state index in [0.717, 1.165) is 24.4 Å². The molecule has 0 spiro atoms. The van der Waals surface area contributed by atoms with E-state index in [2.05, 4.69) is 35.6 Å². The molecule has 0 radical (unpaired) electrons. The summed E-state index contributed by atoms with van der Waals surface area (Å²) in [5.74, 6) is 1.26. The van der Waals surface area contributed by atoms with Gasteiger partial charge in [0.25, 0.3) is 5.91 Å². The van der Waals surface area contributed by atoms with Gasteiger partial charge in [-0.2, -0.15) is 0 Å². The molecule has 7 heteroatoms. The molecule has 3 heterocycles. The molecule has 3 rings (SSSR count). The molecule has 2 amide bonds. The van der Waals surface area contributed by atoms with Gasteiger partial charge >= 0.3 is 0 Å². The molecular weight excluding hydrogens is 416 g/mol. The summed E-state index contributed by atoms with van der Waals surface area (Å²) < 4.78 is 7.86. The Bertz CT molecular complexity index is 1020. The summed E-state index contributed by atoms with van der Waals surface area (Å²) >= 11 is 0. The second-order valence-corrected chi connectivity index (χ2v) is 8.63. The second kappa shape index (κ2) is 12.0. The van der Waals surface area contributed by atoms with Crippen LogP contribution in [-0.2, 0) is 24.3 Å². The lowest BCUT2D eigenvalue weighted by atomic mass is 10.1. The van der Waals surface area contributed by atoms with E-state index < -0.39 is 0 Å². The van der Waals surface area contributed by atoms with E-state index in [1.165, 1.54) is 0 Å². The monoisotopic (exact) mass is 450 g/mol. The van der Waals surface area contributed by atoms with E-state index in [-0.39, 0.29) is 11.8 Å². The Hall–Kier alpha value is -3.35. The number of pyridine rings is 1. The predicted molar refractivity (Wildman–Crippen MR) is 128 cm³/mol. The molecule has 0 aromatic carbocycles. The van der Waals surface area contributed by atoms with Crippen LogP contribution >= 0.6 is 0 Å². The fourth-order valence-corrected chi connectivity index (χ4v) is 3.67. The van der Waals surface area contributed by atoms with Crippen LogP contribution in [0, 0.1) is 5.92 Å². The van der Waals surface area contributed by atoms with Crippen LogP contribution in [0.2, 0.25) is 0 Å². The Balaban J connectivity index is 1.57. The molecule has 0 aliphatic rings. The van der Waals surface area contributed by atoms with E-state index >= 15 is 0 Å². The molecule has 33 heavy (non-hydrogen) atoms. The van der Waals surface area contributed by atoms with Crippen LogP contribution in [0.3, 0.4) is 0 Å². The highest BCUT2D eigenvalue weighted by Crippen LogP contribution is 2.15. The van der Waals surface area contributed by atoms with Crippen molar-refractivity contribution in [2.75, 3.05) is 13.1 Å². The Morgan fingerprint density at radius 2 is 2.00 bits per heavy atom. The van der Waals surface area contributed by atoms with E-state index in [4.69, 9.17) is 4.42 Å². The average molecular weight is 451 g/mol. The van der Waals surface area contributed by atoms with Gasteiger partial charge in [-0.1, -0.05) is 26.8 Å². The highest BCUT2D eigenvalue weighted by Gasteiger charge is 2.17. The van der Waals surface area contributed by atoms with Crippen molar-refractivity contribution in [1.29, 1.82) is 0 Å². The van der Waals surface area contributed by atoms with Crippen molar-refractivity contribution in [2.24, 2.45) is 5.92 Å². The average Bonchev–Trinajstić information content (AvgIpc) is 3.44. The standard InChI is InChI=1S/C26H34N4O3/c1-4-15-30(25(31)17-20(2)3)18-22-9-7-16-29(22)19-23-10-11-24(33-23)26(32)28-14-12-21-8-5-6-13-27-21/h5-11,13,16,20H,4,12,14-15,17-19H2,1-3H3,(H,28,32). The highest BCUT2D eigenvalue weighted by atomic mass is 16.4. The van der Waals surface area contributed by atoms with Gasteiger partial charge < -0.3 is 19.2 Å². The molecule has 0 saturated heterocycles. The number of amides is 2. The number of hydrogen-bond donors (Lipinski definition) is 1. The summed E-state index contributed by atoms with van der Waals surface area (Å²) in [6.45, 7) is 8.50. The number of carbonyl (C=O) groups excluding carboxylic acids is 2. The Labute approximate surface area is 195 Å². The number of rotatable bonds is 12. The Morgan fingerprint density at radius 3 is 2.73 bits per heavy atom. The van der Waals surface area contributed by atoms with Gasteiger partial charge in [0.05, 0.1) is 13.1 Å². The zero-order valence-electron chi connectivity index (χ0n) is 19.8. The normalized spacial score (nSPS) is 11.0. The number of nitrogens with zero attached hydrogens (tertiary/aromatic N) is 3. The predicted octanol–water partition coefficient (Wildman–Crippen LogP) is 4.28.